The van der Waals surface area contributed by atoms with E-state index in [0.29, 0.717) is 31.6 Å². The van der Waals surface area contributed by atoms with Crippen molar-refractivity contribution in [2.45, 2.75) is 110 Å². The third-order valence-corrected chi connectivity index (χ3v) is 5.62. The van der Waals surface area contributed by atoms with Gasteiger partial charge in [0, 0.05) is 31.6 Å². The summed E-state index contributed by atoms with van der Waals surface area (Å²) in [6.45, 7) is 8.73. The van der Waals surface area contributed by atoms with Crippen LogP contribution in [0.5, 0.6) is 5.75 Å². The highest BCUT2D eigenvalue weighted by atomic mass is 16.4. The number of aromatic carboxylic acids is 1. The Labute approximate surface area is 217 Å². The standard InChI is InChI=1S/C19H28O4.C9H21NO3/c1-2-3-4-5-6-7-8-9-10-11-17(20)15-12-13-18(21)16(14-15)19(22)23;1-7(11)4-10(5-8(2)12)6-9(3)13/h12-14,21H,2-11H2,1H3,(H,22,23);7-9,11-13H,4-6H2,1-3H3. The lowest BCUT2D eigenvalue weighted by molar-refractivity contribution is 0.0529. The SMILES string of the molecule is CC(O)CN(CC(C)O)CC(C)O.CCCCCCCCCCCC(=O)c1ccc(O)c(C(=O)O)c1. The molecule has 0 radical (unpaired) electrons. The van der Waals surface area contributed by atoms with Gasteiger partial charge in [0.25, 0.3) is 0 Å². The Balaban J connectivity index is 0.000000802. The van der Waals surface area contributed by atoms with E-state index in [1.807, 2.05) is 4.90 Å². The minimum Gasteiger partial charge on any atom is -0.507 e. The van der Waals surface area contributed by atoms with Gasteiger partial charge in [-0.25, -0.2) is 4.79 Å². The number of hydrogen-bond donors (Lipinski definition) is 5. The van der Waals surface area contributed by atoms with Crippen molar-refractivity contribution >= 4 is 11.8 Å². The Bertz CT molecular complexity index is 711. The summed E-state index contributed by atoms with van der Waals surface area (Å²) in [6, 6.07) is 4.01. The molecule has 3 unspecified atom stereocenters. The predicted octanol–water partition coefficient (Wildman–Crippen LogP) is 4.62. The van der Waals surface area contributed by atoms with Crippen LogP contribution in [-0.4, -0.2) is 80.1 Å². The first-order valence-corrected chi connectivity index (χ1v) is 13.3. The van der Waals surface area contributed by atoms with E-state index in [2.05, 4.69) is 6.92 Å². The van der Waals surface area contributed by atoms with Gasteiger partial charge in [-0.05, 0) is 45.4 Å². The first kappa shape index (κ1) is 34.0. The third-order valence-electron chi connectivity index (χ3n) is 5.62. The fourth-order valence-electron chi connectivity index (χ4n) is 3.97. The maximum absolute atomic E-state index is 12.1. The van der Waals surface area contributed by atoms with Crippen LogP contribution in [0.4, 0.5) is 0 Å². The fourth-order valence-corrected chi connectivity index (χ4v) is 3.97. The molecule has 0 spiro atoms. The summed E-state index contributed by atoms with van der Waals surface area (Å²) in [7, 11) is 0. The van der Waals surface area contributed by atoms with Crippen molar-refractivity contribution in [3.63, 3.8) is 0 Å². The number of aliphatic hydroxyl groups excluding tert-OH is 3. The van der Waals surface area contributed by atoms with Crippen LogP contribution in [0.15, 0.2) is 18.2 Å². The number of carboxylic acid groups (broad SMARTS) is 1. The van der Waals surface area contributed by atoms with Gasteiger partial charge in [-0.3, -0.25) is 9.69 Å². The highest BCUT2D eigenvalue weighted by molar-refractivity contribution is 5.99. The zero-order valence-electron chi connectivity index (χ0n) is 22.7. The molecule has 5 N–H and O–H groups in total. The molecule has 1 aromatic carbocycles. The second kappa shape index (κ2) is 20.1. The average molecular weight is 512 g/mol. The Morgan fingerprint density at radius 1 is 0.778 bits per heavy atom. The Hall–Kier alpha value is -2.00. The number of aromatic hydroxyl groups is 1. The van der Waals surface area contributed by atoms with E-state index < -0.39 is 24.3 Å². The van der Waals surface area contributed by atoms with Gasteiger partial charge in [0.05, 0.1) is 18.3 Å². The molecule has 36 heavy (non-hydrogen) atoms. The van der Waals surface area contributed by atoms with Crippen molar-refractivity contribution < 1.29 is 35.1 Å². The molecule has 0 aromatic heterocycles. The second-order valence-corrected chi connectivity index (χ2v) is 9.80. The molecule has 0 heterocycles. The number of aliphatic hydroxyl groups is 3. The van der Waals surface area contributed by atoms with Crippen LogP contribution >= 0.6 is 0 Å². The number of rotatable bonds is 18. The quantitative estimate of drug-likeness (QED) is 0.142. The van der Waals surface area contributed by atoms with Gasteiger partial charge in [0.15, 0.2) is 5.78 Å². The van der Waals surface area contributed by atoms with Crippen LogP contribution < -0.4 is 0 Å². The monoisotopic (exact) mass is 511 g/mol. The number of nitrogens with zero attached hydrogens (tertiary/aromatic N) is 1. The largest absolute Gasteiger partial charge is 0.507 e. The summed E-state index contributed by atoms with van der Waals surface area (Å²) < 4.78 is 0. The van der Waals surface area contributed by atoms with Crippen molar-refractivity contribution in [3.05, 3.63) is 29.3 Å². The van der Waals surface area contributed by atoms with E-state index in [9.17, 15) is 14.7 Å². The lowest BCUT2D eigenvalue weighted by atomic mass is 10.0. The van der Waals surface area contributed by atoms with Gasteiger partial charge < -0.3 is 25.5 Å². The third kappa shape index (κ3) is 17.4. The van der Waals surface area contributed by atoms with Crippen molar-refractivity contribution in [2.75, 3.05) is 19.6 Å². The van der Waals surface area contributed by atoms with Gasteiger partial charge in [-0.2, -0.15) is 0 Å². The van der Waals surface area contributed by atoms with Crippen LogP contribution in [0.1, 0.15) is 113 Å². The van der Waals surface area contributed by atoms with Gasteiger partial charge >= 0.3 is 5.97 Å². The number of carboxylic acids is 1. The summed E-state index contributed by atoms with van der Waals surface area (Å²) >= 11 is 0. The summed E-state index contributed by atoms with van der Waals surface area (Å²) in [5.41, 5.74) is 0.141. The molecule has 1 rings (SSSR count). The zero-order valence-corrected chi connectivity index (χ0v) is 22.7. The van der Waals surface area contributed by atoms with Crippen molar-refractivity contribution in [3.8, 4) is 5.75 Å². The van der Waals surface area contributed by atoms with E-state index in [0.717, 1.165) is 19.3 Å². The second-order valence-electron chi connectivity index (χ2n) is 9.80. The maximum atomic E-state index is 12.1. The van der Waals surface area contributed by atoms with E-state index >= 15 is 0 Å². The lowest BCUT2D eigenvalue weighted by Gasteiger charge is -2.25. The van der Waals surface area contributed by atoms with Crippen LogP contribution in [0.2, 0.25) is 0 Å². The molecule has 0 saturated heterocycles. The number of Topliss-reactive ketones (excluding diaryl/α,β-unsaturated/α-hetero) is 1. The number of carbonyl (C=O) groups excluding carboxylic acids is 1. The predicted molar refractivity (Wildman–Crippen MR) is 143 cm³/mol. The summed E-state index contributed by atoms with van der Waals surface area (Å²) in [5, 5.41) is 45.8. The Morgan fingerprint density at radius 3 is 1.64 bits per heavy atom. The summed E-state index contributed by atoms with van der Waals surface area (Å²) in [6.07, 6.45) is 9.85. The Morgan fingerprint density at radius 2 is 1.22 bits per heavy atom. The van der Waals surface area contributed by atoms with Crippen LogP contribution in [-0.2, 0) is 0 Å². The van der Waals surface area contributed by atoms with Crippen molar-refractivity contribution in [1.82, 2.24) is 4.90 Å². The van der Waals surface area contributed by atoms with Gasteiger partial charge in [-0.1, -0.05) is 58.3 Å². The number of phenols is 1. The summed E-state index contributed by atoms with van der Waals surface area (Å²) in [5.74, 6) is -1.59. The lowest BCUT2D eigenvalue weighted by Crippen LogP contribution is -2.40. The number of unbranched alkanes of at least 4 members (excludes halogenated alkanes) is 8. The van der Waals surface area contributed by atoms with Crippen LogP contribution in [0.25, 0.3) is 0 Å². The smallest absolute Gasteiger partial charge is 0.339 e. The van der Waals surface area contributed by atoms with Crippen LogP contribution in [0, 0.1) is 0 Å². The highest BCUT2D eigenvalue weighted by Gasteiger charge is 2.14. The minimum absolute atomic E-state index is 0.0598. The van der Waals surface area contributed by atoms with Gasteiger partial charge in [0.2, 0.25) is 0 Å². The molecule has 208 valence electrons. The fraction of sp³-hybridized carbons (Fsp3) is 0.714. The first-order chi connectivity index (χ1) is 17.0. The minimum atomic E-state index is -1.22. The molecule has 0 saturated carbocycles. The van der Waals surface area contributed by atoms with Crippen molar-refractivity contribution in [1.29, 1.82) is 0 Å². The number of hydrogen-bond acceptors (Lipinski definition) is 7. The highest BCUT2D eigenvalue weighted by Crippen LogP contribution is 2.20. The van der Waals surface area contributed by atoms with Gasteiger partial charge in [-0.15, -0.1) is 0 Å². The molecular formula is C28H49NO7. The zero-order chi connectivity index (χ0) is 27.5. The number of carbonyl (C=O) groups is 2. The van der Waals surface area contributed by atoms with E-state index in [1.165, 1.54) is 56.7 Å². The maximum Gasteiger partial charge on any atom is 0.339 e. The van der Waals surface area contributed by atoms with E-state index in [1.54, 1.807) is 20.8 Å². The number of benzene rings is 1. The molecule has 0 aliphatic heterocycles. The molecule has 8 nitrogen and oxygen atoms in total. The number of ketones is 1. The molecular weight excluding hydrogens is 462 g/mol. The van der Waals surface area contributed by atoms with Gasteiger partial charge in [0.1, 0.15) is 11.3 Å². The molecule has 0 fully saturated rings. The van der Waals surface area contributed by atoms with Crippen molar-refractivity contribution in [2.24, 2.45) is 0 Å². The molecule has 0 bridgehead atoms. The van der Waals surface area contributed by atoms with Crippen LogP contribution in [0.3, 0.4) is 0 Å². The first-order valence-electron chi connectivity index (χ1n) is 13.3. The molecule has 8 heteroatoms. The summed E-state index contributed by atoms with van der Waals surface area (Å²) in [4.78, 5) is 24.9. The molecule has 1 aromatic rings. The molecule has 3 atom stereocenters. The topological polar surface area (TPSA) is 139 Å². The normalized spacial score (nSPS) is 13.6. The molecule has 0 amide bonds. The van der Waals surface area contributed by atoms with E-state index in [4.69, 9.17) is 20.4 Å². The van der Waals surface area contributed by atoms with E-state index in [-0.39, 0.29) is 17.1 Å². The average Bonchev–Trinajstić information content (AvgIpc) is 2.77. The molecule has 0 aliphatic carbocycles. The molecule has 0 aliphatic rings. The Kier molecular flexibility index (Phi) is 19.0.